The Morgan fingerprint density at radius 3 is 2.73 bits per heavy atom. The van der Waals surface area contributed by atoms with Crippen LogP contribution in [0.15, 0.2) is 0 Å². The highest BCUT2D eigenvalue weighted by molar-refractivity contribution is 5.74. The van der Waals surface area contributed by atoms with Crippen molar-refractivity contribution >= 4 is 6.03 Å². The van der Waals surface area contributed by atoms with Gasteiger partial charge >= 0.3 is 6.03 Å². The van der Waals surface area contributed by atoms with Crippen LogP contribution in [0.3, 0.4) is 0 Å². The van der Waals surface area contributed by atoms with E-state index in [9.17, 15) is 4.79 Å². The quantitative estimate of drug-likeness (QED) is 0.870. The molecule has 0 unspecified atom stereocenters. The molecule has 2 fully saturated rings. The average Bonchev–Trinajstić information content (AvgIpc) is 2.43. The molecular weight excluding hydrogens is 278 g/mol. The van der Waals surface area contributed by atoms with Gasteiger partial charge in [0.25, 0.3) is 0 Å². The van der Waals surface area contributed by atoms with Crippen molar-refractivity contribution in [3.63, 3.8) is 0 Å². The van der Waals surface area contributed by atoms with Crippen molar-refractivity contribution in [1.29, 1.82) is 0 Å². The van der Waals surface area contributed by atoms with E-state index in [-0.39, 0.29) is 17.2 Å². The van der Waals surface area contributed by atoms with Crippen molar-refractivity contribution in [3.05, 3.63) is 0 Å². The fourth-order valence-electron chi connectivity index (χ4n) is 3.90. The highest BCUT2D eigenvalue weighted by Gasteiger charge is 2.38. The zero-order valence-electron chi connectivity index (χ0n) is 14.9. The predicted molar refractivity (Wildman–Crippen MR) is 89.1 cm³/mol. The maximum Gasteiger partial charge on any atom is 0.317 e. The number of hydrogen-bond donors (Lipinski definition) is 1. The molecule has 22 heavy (non-hydrogen) atoms. The number of carbonyl (C=O) groups is 1. The summed E-state index contributed by atoms with van der Waals surface area (Å²) >= 11 is 0. The molecule has 1 saturated heterocycles. The van der Waals surface area contributed by atoms with E-state index in [2.05, 4.69) is 31.2 Å². The predicted octanol–water partition coefficient (Wildman–Crippen LogP) is 2.32. The first kappa shape index (κ1) is 17.5. The molecule has 5 heteroatoms. The maximum absolute atomic E-state index is 12.5. The van der Waals surface area contributed by atoms with E-state index in [1.54, 1.807) is 0 Å². The molecule has 0 bridgehead atoms. The first-order valence-electron chi connectivity index (χ1n) is 8.58. The van der Waals surface area contributed by atoms with Gasteiger partial charge in [-0.1, -0.05) is 19.8 Å². The lowest BCUT2D eigenvalue weighted by Gasteiger charge is -2.46. The zero-order valence-corrected chi connectivity index (χ0v) is 14.9. The van der Waals surface area contributed by atoms with Crippen LogP contribution >= 0.6 is 0 Å². The first-order chi connectivity index (χ1) is 10.2. The van der Waals surface area contributed by atoms with E-state index < -0.39 is 0 Å². The van der Waals surface area contributed by atoms with Gasteiger partial charge in [-0.05, 0) is 46.7 Å². The lowest BCUT2D eigenvalue weighted by molar-refractivity contribution is -0.0736. The Morgan fingerprint density at radius 2 is 2.14 bits per heavy atom. The topological polar surface area (TPSA) is 44.8 Å². The number of rotatable bonds is 3. The molecule has 1 aliphatic carbocycles. The average molecular weight is 311 g/mol. The summed E-state index contributed by atoms with van der Waals surface area (Å²) in [7, 11) is 4.28. The van der Waals surface area contributed by atoms with Crippen molar-refractivity contribution in [2.45, 2.75) is 57.6 Å². The maximum atomic E-state index is 12.5. The fraction of sp³-hybridized carbons (Fsp3) is 0.941. The molecule has 128 valence electrons. The van der Waals surface area contributed by atoms with E-state index in [0.29, 0.717) is 19.7 Å². The molecule has 2 rings (SSSR count). The van der Waals surface area contributed by atoms with Crippen LogP contribution < -0.4 is 5.32 Å². The van der Waals surface area contributed by atoms with Crippen molar-refractivity contribution in [3.8, 4) is 0 Å². The Morgan fingerprint density at radius 1 is 1.41 bits per heavy atom. The molecule has 0 radical (unpaired) electrons. The van der Waals surface area contributed by atoms with Crippen LogP contribution in [0.1, 0.15) is 46.5 Å². The molecule has 0 spiro atoms. The van der Waals surface area contributed by atoms with Gasteiger partial charge in [0, 0.05) is 18.6 Å². The van der Waals surface area contributed by atoms with Gasteiger partial charge in [-0.25, -0.2) is 4.79 Å². The van der Waals surface area contributed by atoms with Crippen LogP contribution in [-0.4, -0.2) is 67.3 Å². The van der Waals surface area contributed by atoms with E-state index in [0.717, 1.165) is 18.9 Å². The normalized spacial score (nSPS) is 32.1. The lowest BCUT2D eigenvalue weighted by Crippen LogP contribution is -2.59. The van der Waals surface area contributed by atoms with Crippen molar-refractivity contribution in [2.24, 2.45) is 5.92 Å². The summed E-state index contributed by atoms with van der Waals surface area (Å²) in [6.45, 7) is 9.10. The summed E-state index contributed by atoms with van der Waals surface area (Å²) < 4.78 is 5.68. The van der Waals surface area contributed by atoms with Crippen molar-refractivity contribution in [1.82, 2.24) is 15.1 Å². The number of amides is 2. The van der Waals surface area contributed by atoms with Crippen molar-refractivity contribution < 1.29 is 9.53 Å². The number of nitrogens with zero attached hydrogens (tertiary/aromatic N) is 2. The third-order valence-corrected chi connectivity index (χ3v) is 5.30. The fourth-order valence-corrected chi connectivity index (χ4v) is 3.90. The van der Waals surface area contributed by atoms with E-state index in [1.807, 2.05) is 18.7 Å². The molecule has 0 aromatic heterocycles. The standard InChI is InChI=1S/C17H33N3O2/c1-14-7-6-8-17(11-14,19(4)5)12-18-15(21)20-9-10-22-16(2,3)13-20/h14H,6-13H2,1-5H3,(H,18,21)/t14-,17-/m1/s1. The summed E-state index contributed by atoms with van der Waals surface area (Å²) in [5.41, 5.74) is -0.136. The molecular formula is C17H33N3O2. The Bertz CT molecular complexity index is 397. The number of hydrogen-bond acceptors (Lipinski definition) is 3. The highest BCUT2D eigenvalue weighted by atomic mass is 16.5. The molecule has 0 aromatic carbocycles. The molecule has 1 saturated carbocycles. The second-order valence-corrected chi connectivity index (χ2v) is 8.01. The molecule has 5 nitrogen and oxygen atoms in total. The molecule has 1 heterocycles. The van der Waals surface area contributed by atoms with Gasteiger partial charge in [-0.3, -0.25) is 0 Å². The Labute approximate surface area is 135 Å². The van der Waals surface area contributed by atoms with Crippen molar-refractivity contribution in [2.75, 3.05) is 40.3 Å². The van der Waals surface area contributed by atoms with Gasteiger partial charge < -0.3 is 19.9 Å². The monoisotopic (exact) mass is 311 g/mol. The number of morpholine rings is 1. The van der Waals surface area contributed by atoms with E-state index in [1.165, 1.54) is 19.3 Å². The number of nitrogens with one attached hydrogen (secondary N) is 1. The number of urea groups is 1. The van der Waals surface area contributed by atoms with Crippen LogP contribution in [0.4, 0.5) is 4.79 Å². The minimum atomic E-state index is -0.242. The Balaban J connectivity index is 1.93. The summed E-state index contributed by atoms with van der Waals surface area (Å²) in [5, 5.41) is 3.19. The van der Waals surface area contributed by atoms with Gasteiger partial charge in [0.15, 0.2) is 0 Å². The first-order valence-corrected chi connectivity index (χ1v) is 8.58. The Kier molecular flexibility index (Phi) is 5.38. The summed E-state index contributed by atoms with van der Waals surface area (Å²) in [6, 6.07) is 0.0517. The van der Waals surface area contributed by atoms with Crippen LogP contribution in [0.2, 0.25) is 0 Å². The van der Waals surface area contributed by atoms with Crippen LogP contribution in [0, 0.1) is 5.92 Å². The number of ether oxygens (including phenoxy) is 1. The SMILES string of the molecule is C[C@@H]1CCC[C@@](CNC(=O)N2CCOC(C)(C)C2)(N(C)C)C1. The molecule has 2 aliphatic rings. The summed E-state index contributed by atoms with van der Waals surface area (Å²) in [4.78, 5) is 16.7. The molecule has 1 aliphatic heterocycles. The third kappa shape index (κ3) is 4.13. The van der Waals surface area contributed by atoms with Gasteiger partial charge in [-0.2, -0.15) is 0 Å². The number of carbonyl (C=O) groups excluding carboxylic acids is 1. The third-order valence-electron chi connectivity index (χ3n) is 5.30. The molecule has 2 atom stereocenters. The molecule has 2 amide bonds. The summed E-state index contributed by atoms with van der Waals surface area (Å²) in [5.74, 6) is 0.732. The molecule has 1 N–H and O–H groups in total. The van der Waals surface area contributed by atoms with E-state index in [4.69, 9.17) is 4.74 Å². The minimum Gasteiger partial charge on any atom is -0.372 e. The van der Waals surface area contributed by atoms with Gasteiger partial charge in [0.1, 0.15) is 0 Å². The zero-order chi connectivity index (χ0) is 16.4. The van der Waals surface area contributed by atoms with Gasteiger partial charge in [0.2, 0.25) is 0 Å². The summed E-state index contributed by atoms with van der Waals surface area (Å²) in [6.07, 6.45) is 4.88. The van der Waals surface area contributed by atoms with Crippen LogP contribution in [0.5, 0.6) is 0 Å². The van der Waals surface area contributed by atoms with Gasteiger partial charge in [-0.15, -0.1) is 0 Å². The number of likely N-dealkylation sites (N-methyl/N-ethyl adjacent to an activating group) is 1. The minimum absolute atomic E-state index is 0.0517. The Hall–Kier alpha value is -0.810. The lowest BCUT2D eigenvalue weighted by atomic mass is 9.75. The van der Waals surface area contributed by atoms with E-state index >= 15 is 0 Å². The molecule has 0 aromatic rings. The highest BCUT2D eigenvalue weighted by Crippen LogP contribution is 2.35. The second kappa shape index (κ2) is 6.75. The largest absolute Gasteiger partial charge is 0.372 e. The second-order valence-electron chi connectivity index (χ2n) is 8.01. The smallest absolute Gasteiger partial charge is 0.317 e. The van der Waals surface area contributed by atoms with Gasteiger partial charge in [0.05, 0.1) is 18.8 Å². The van der Waals surface area contributed by atoms with Crippen LogP contribution in [0.25, 0.3) is 0 Å². The van der Waals surface area contributed by atoms with Crippen LogP contribution in [-0.2, 0) is 4.74 Å².